The molecule has 114 valence electrons. The SMILES string of the molecule is Cc1ccccc1OCC(=O)NC1CCC2NNCC2C1. The van der Waals surface area contributed by atoms with Crippen molar-refractivity contribution >= 4 is 5.91 Å². The number of hydrogen-bond donors (Lipinski definition) is 3. The zero-order valence-electron chi connectivity index (χ0n) is 12.4. The Morgan fingerprint density at radius 3 is 3.10 bits per heavy atom. The minimum atomic E-state index is -0.0272. The van der Waals surface area contributed by atoms with Gasteiger partial charge in [0.15, 0.2) is 6.61 Å². The van der Waals surface area contributed by atoms with Crippen molar-refractivity contribution in [2.24, 2.45) is 5.92 Å². The number of ether oxygens (including phenoxy) is 1. The molecule has 2 aliphatic rings. The average Bonchev–Trinajstić information content (AvgIpc) is 2.94. The third kappa shape index (κ3) is 3.54. The standard InChI is InChI=1S/C16H23N3O2/c1-11-4-2-3-5-15(11)21-10-16(20)18-13-6-7-14-12(8-13)9-17-19-14/h2-5,12-14,17,19H,6-10H2,1H3,(H,18,20). The van der Waals surface area contributed by atoms with E-state index in [-0.39, 0.29) is 18.6 Å². The second kappa shape index (κ2) is 6.45. The second-order valence-corrected chi connectivity index (χ2v) is 6.02. The van der Waals surface area contributed by atoms with Crippen LogP contribution in [0, 0.1) is 12.8 Å². The predicted molar refractivity (Wildman–Crippen MR) is 80.9 cm³/mol. The van der Waals surface area contributed by atoms with Crippen molar-refractivity contribution in [1.82, 2.24) is 16.2 Å². The molecule has 3 unspecified atom stereocenters. The fourth-order valence-electron chi connectivity index (χ4n) is 3.26. The molecule has 1 saturated heterocycles. The van der Waals surface area contributed by atoms with Crippen LogP contribution in [0.5, 0.6) is 5.75 Å². The molecule has 0 aromatic heterocycles. The number of rotatable bonds is 4. The largest absolute Gasteiger partial charge is 0.484 e. The van der Waals surface area contributed by atoms with Crippen LogP contribution >= 0.6 is 0 Å². The fraction of sp³-hybridized carbons (Fsp3) is 0.562. The van der Waals surface area contributed by atoms with Crippen molar-refractivity contribution in [2.75, 3.05) is 13.2 Å². The monoisotopic (exact) mass is 289 g/mol. The van der Waals surface area contributed by atoms with Gasteiger partial charge in [-0.1, -0.05) is 18.2 Å². The minimum absolute atomic E-state index is 0.0272. The Hall–Kier alpha value is -1.59. The molecule has 21 heavy (non-hydrogen) atoms. The topological polar surface area (TPSA) is 62.4 Å². The van der Waals surface area contributed by atoms with Gasteiger partial charge in [0.25, 0.3) is 5.91 Å². The lowest BCUT2D eigenvalue weighted by Gasteiger charge is -2.31. The fourth-order valence-corrected chi connectivity index (χ4v) is 3.26. The van der Waals surface area contributed by atoms with E-state index in [2.05, 4.69) is 16.2 Å². The summed E-state index contributed by atoms with van der Waals surface area (Å²) in [6, 6.07) is 8.60. The maximum absolute atomic E-state index is 12.0. The maximum atomic E-state index is 12.0. The van der Waals surface area contributed by atoms with E-state index in [0.717, 1.165) is 37.1 Å². The van der Waals surface area contributed by atoms with E-state index in [1.807, 2.05) is 31.2 Å². The van der Waals surface area contributed by atoms with E-state index >= 15 is 0 Å². The number of hydrogen-bond acceptors (Lipinski definition) is 4. The first-order valence-corrected chi connectivity index (χ1v) is 7.68. The van der Waals surface area contributed by atoms with Crippen molar-refractivity contribution in [1.29, 1.82) is 0 Å². The zero-order chi connectivity index (χ0) is 14.7. The Labute approximate surface area is 125 Å². The molecule has 1 aliphatic carbocycles. The Balaban J connectivity index is 1.45. The van der Waals surface area contributed by atoms with E-state index in [0.29, 0.717) is 12.0 Å². The Morgan fingerprint density at radius 2 is 2.24 bits per heavy atom. The van der Waals surface area contributed by atoms with Crippen LogP contribution in [-0.2, 0) is 4.79 Å². The molecular weight excluding hydrogens is 266 g/mol. The van der Waals surface area contributed by atoms with Gasteiger partial charge >= 0.3 is 0 Å². The van der Waals surface area contributed by atoms with Crippen LogP contribution in [0.4, 0.5) is 0 Å². The molecule has 1 heterocycles. The summed E-state index contributed by atoms with van der Waals surface area (Å²) < 4.78 is 5.59. The van der Waals surface area contributed by atoms with E-state index in [1.54, 1.807) is 0 Å². The summed E-state index contributed by atoms with van der Waals surface area (Å²) >= 11 is 0. The third-order valence-electron chi connectivity index (χ3n) is 4.45. The van der Waals surface area contributed by atoms with Crippen molar-refractivity contribution in [2.45, 2.75) is 38.3 Å². The smallest absolute Gasteiger partial charge is 0.258 e. The molecular formula is C16H23N3O2. The molecule has 5 nitrogen and oxygen atoms in total. The highest BCUT2D eigenvalue weighted by molar-refractivity contribution is 5.77. The van der Waals surface area contributed by atoms with Crippen LogP contribution in [0.3, 0.4) is 0 Å². The van der Waals surface area contributed by atoms with Gasteiger partial charge in [-0.25, -0.2) is 0 Å². The molecule has 0 spiro atoms. The van der Waals surface area contributed by atoms with E-state index in [4.69, 9.17) is 4.74 Å². The summed E-state index contributed by atoms with van der Waals surface area (Å²) in [7, 11) is 0. The molecule has 3 N–H and O–H groups in total. The highest BCUT2D eigenvalue weighted by Crippen LogP contribution is 2.26. The molecule has 1 aromatic rings. The Bertz CT molecular complexity index is 506. The molecule has 1 aliphatic heterocycles. The average molecular weight is 289 g/mol. The van der Waals surface area contributed by atoms with Gasteiger partial charge in [-0.15, -0.1) is 0 Å². The number of hydrazine groups is 1. The first-order chi connectivity index (χ1) is 10.2. The molecule has 1 aromatic carbocycles. The number of amides is 1. The number of carbonyl (C=O) groups excluding carboxylic acids is 1. The van der Waals surface area contributed by atoms with Crippen LogP contribution in [-0.4, -0.2) is 31.1 Å². The highest BCUT2D eigenvalue weighted by atomic mass is 16.5. The van der Waals surface area contributed by atoms with Crippen LogP contribution in [0.25, 0.3) is 0 Å². The van der Waals surface area contributed by atoms with Crippen LogP contribution < -0.4 is 20.9 Å². The molecule has 1 saturated carbocycles. The predicted octanol–water partition coefficient (Wildman–Crippen LogP) is 1.14. The lowest BCUT2D eigenvalue weighted by Crippen LogP contribution is -2.45. The summed E-state index contributed by atoms with van der Waals surface area (Å²) in [6.07, 6.45) is 3.19. The van der Waals surface area contributed by atoms with E-state index in [1.165, 1.54) is 0 Å². The molecule has 2 fully saturated rings. The lowest BCUT2D eigenvalue weighted by molar-refractivity contribution is -0.124. The molecule has 3 atom stereocenters. The van der Waals surface area contributed by atoms with Gasteiger partial charge in [-0.05, 0) is 43.7 Å². The summed E-state index contributed by atoms with van der Waals surface area (Å²) in [5.74, 6) is 1.38. The van der Waals surface area contributed by atoms with Crippen LogP contribution in [0.2, 0.25) is 0 Å². The molecule has 0 radical (unpaired) electrons. The zero-order valence-corrected chi connectivity index (χ0v) is 12.4. The van der Waals surface area contributed by atoms with Crippen molar-refractivity contribution < 1.29 is 9.53 Å². The van der Waals surface area contributed by atoms with Crippen LogP contribution in [0.15, 0.2) is 24.3 Å². The second-order valence-electron chi connectivity index (χ2n) is 6.02. The van der Waals surface area contributed by atoms with Crippen molar-refractivity contribution in [3.8, 4) is 5.75 Å². The molecule has 1 amide bonds. The summed E-state index contributed by atoms with van der Waals surface area (Å²) in [6.45, 7) is 3.07. The normalized spacial score (nSPS) is 28.0. The quantitative estimate of drug-likeness (QED) is 0.778. The lowest BCUT2D eigenvalue weighted by atomic mass is 9.83. The van der Waals surface area contributed by atoms with Crippen molar-refractivity contribution in [3.63, 3.8) is 0 Å². The maximum Gasteiger partial charge on any atom is 0.258 e. The first-order valence-electron chi connectivity index (χ1n) is 7.68. The van der Waals surface area contributed by atoms with E-state index < -0.39 is 0 Å². The molecule has 0 bridgehead atoms. The third-order valence-corrected chi connectivity index (χ3v) is 4.45. The van der Waals surface area contributed by atoms with Gasteiger partial charge in [0.2, 0.25) is 0 Å². The van der Waals surface area contributed by atoms with Gasteiger partial charge in [0.05, 0.1) is 0 Å². The number of aryl methyl sites for hydroxylation is 1. The first kappa shape index (κ1) is 14.4. The summed E-state index contributed by atoms with van der Waals surface area (Å²) in [5, 5.41) is 3.10. The van der Waals surface area contributed by atoms with Gasteiger partial charge < -0.3 is 10.1 Å². The molecule has 5 heteroatoms. The number of carbonyl (C=O) groups is 1. The van der Waals surface area contributed by atoms with Crippen molar-refractivity contribution in [3.05, 3.63) is 29.8 Å². The van der Waals surface area contributed by atoms with Gasteiger partial charge in [0.1, 0.15) is 5.75 Å². The number of para-hydroxylation sites is 1. The number of benzene rings is 1. The summed E-state index contributed by atoms with van der Waals surface area (Å²) in [4.78, 5) is 12.0. The van der Waals surface area contributed by atoms with Gasteiger partial charge in [0, 0.05) is 18.6 Å². The molecule has 3 rings (SSSR count). The van der Waals surface area contributed by atoms with E-state index in [9.17, 15) is 4.79 Å². The van der Waals surface area contributed by atoms with Crippen LogP contribution in [0.1, 0.15) is 24.8 Å². The highest BCUT2D eigenvalue weighted by Gasteiger charge is 2.34. The Kier molecular flexibility index (Phi) is 4.41. The Morgan fingerprint density at radius 1 is 1.38 bits per heavy atom. The van der Waals surface area contributed by atoms with Gasteiger partial charge in [-0.3, -0.25) is 15.6 Å². The minimum Gasteiger partial charge on any atom is -0.484 e. The van der Waals surface area contributed by atoms with Gasteiger partial charge in [-0.2, -0.15) is 0 Å². The number of fused-ring (bicyclic) bond motifs is 1. The number of nitrogens with one attached hydrogen (secondary N) is 3. The summed E-state index contributed by atoms with van der Waals surface area (Å²) in [5.41, 5.74) is 7.55.